The van der Waals surface area contributed by atoms with E-state index in [1.807, 2.05) is 0 Å². The second-order valence-corrected chi connectivity index (χ2v) is 5.74. The van der Waals surface area contributed by atoms with Crippen LogP contribution in [0.1, 0.15) is 28.7 Å². The molecule has 0 radical (unpaired) electrons. The fourth-order valence-electron chi connectivity index (χ4n) is 3.07. The molecule has 0 aliphatic heterocycles. The van der Waals surface area contributed by atoms with Crippen molar-refractivity contribution in [1.29, 1.82) is 0 Å². The average molecular weight is 267 g/mol. The van der Waals surface area contributed by atoms with E-state index >= 15 is 0 Å². The van der Waals surface area contributed by atoms with Gasteiger partial charge in [-0.3, -0.25) is 0 Å². The van der Waals surface area contributed by atoms with Crippen molar-refractivity contribution in [3.05, 3.63) is 70.8 Å². The number of benzene rings is 2. The summed E-state index contributed by atoms with van der Waals surface area (Å²) < 4.78 is 0. The Hall–Kier alpha value is -1.64. The molecule has 0 fully saturated rings. The minimum Gasteiger partial charge on any atom is -0.394 e. The van der Waals surface area contributed by atoms with Crippen LogP contribution in [0.4, 0.5) is 0 Å². The summed E-state index contributed by atoms with van der Waals surface area (Å²) in [5, 5.41) is 13.5. The zero-order valence-corrected chi connectivity index (χ0v) is 11.9. The molecule has 20 heavy (non-hydrogen) atoms. The Morgan fingerprint density at radius 3 is 2.60 bits per heavy atom. The second-order valence-electron chi connectivity index (χ2n) is 5.74. The van der Waals surface area contributed by atoms with Gasteiger partial charge in [0.2, 0.25) is 0 Å². The maximum Gasteiger partial charge on any atom is 0.0677 e. The first kappa shape index (κ1) is 13.3. The van der Waals surface area contributed by atoms with Crippen LogP contribution in [-0.2, 0) is 18.5 Å². The van der Waals surface area contributed by atoms with Gasteiger partial charge in [-0.2, -0.15) is 0 Å². The molecule has 104 valence electrons. The Balaban J connectivity index is 1.80. The van der Waals surface area contributed by atoms with Crippen molar-refractivity contribution in [2.24, 2.45) is 0 Å². The van der Waals surface area contributed by atoms with Gasteiger partial charge >= 0.3 is 0 Å². The van der Waals surface area contributed by atoms with Gasteiger partial charge in [-0.05, 0) is 36.5 Å². The maximum absolute atomic E-state index is 9.92. The number of hydrogen-bond donors (Lipinski definition) is 2. The molecule has 0 bridgehead atoms. The van der Waals surface area contributed by atoms with Gasteiger partial charge in [0.15, 0.2) is 0 Å². The van der Waals surface area contributed by atoms with Gasteiger partial charge < -0.3 is 10.4 Å². The Morgan fingerprint density at radius 2 is 1.85 bits per heavy atom. The Bertz CT molecular complexity index is 591. The molecule has 1 aliphatic rings. The summed E-state index contributed by atoms with van der Waals surface area (Å²) in [6.45, 7) is 3.03. The number of nitrogens with one attached hydrogen (secondary N) is 1. The molecular formula is C18H21NO. The van der Waals surface area contributed by atoms with E-state index < -0.39 is 0 Å². The summed E-state index contributed by atoms with van der Waals surface area (Å²) in [6, 6.07) is 17.0. The van der Waals surface area contributed by atoms with Gasteiger partial charge in [-0.25, -0.2) is 0 Å². The van der Waals surface area contributed by atoms with Crippen LogP contribution in [0.2, 0.25) is 0 Å². The zero-order valence-electron chi connectivity index (χ0n) is 11.9. The molecule has 0 amide bonds. The van der Waals surface area contributed by atoms with Crippen molar-refractivity contribution < 1.29 is 5.11 Å². The van der Waals surface area contributed by atoms with E-state index in [1.165, 1.54) is 22.3 Å². The third kappa shape index (κ3) is 2.37. The molecule has 0 spiro atoms. The minimum atomic E-state index is -0.276. The number of aryl methyl sites for hydroxylation is 2. The number of rotatable bonds is 4. The third-order valence-corrected chi connectivity index (χ3v) is 4.38. The minimum absolute atomic E-state index is 0.149. The molecule has 0 saturated carbocycles. The van der Waals surface area contributed by atoms with E-state index in [-0.39, 0.29) is 12.1 Å². The quantitative estimate of drug-likeness (QED) is 0.892. The van der Waals surface area contributed by atoms with Gasteiger partial charge in [0.05, 0.1) is 12.1 Å². The molecule has 1 unspecified atom stereocenters. The first-order valence-electron chi connectivity index (χ1n) is 7.23. The molecule has 3 rings (SSSR count). The summed E-state index contributed by atoms with van der Waals surface area (Å²) >= 11 is 0. The summed E-state index contributed by atoms with van der Waals surface area (Å²) in [6.07, 6.45) is 2.01. The molecule has 2 aromatic carbocycles. The molecule has 2 heteroatoms. The van der Waals surface area contributed by atoms with Crippen molar-refractivity contribution in [1.82, 2.24) is 5.32 Å². The SMILES string of the molecule is Cc1ccc(CNC2(CO)CCc3ccccc32)cc1. The molecule has 0 aromatic heterocycles. The van der Waals surface area contributed by atoms with Crippen molar-refractivity contribution >= 4 is 0 Å². The third-order valence-electron chi connectivity index (χ3n) is 4.38. The smallest absolute Gasteiger partial charge is 0.0677 e. The Kier molecular flexibility index (Phi) is 3.60. The molecule has 0 heterocycles. The highest BCUT2D eigenvalue weighted by Crippen LogP contribution is 2.36. The van der Waals surface area contributed by atoms with E-state index in [0.717, 1.165) is 19.4 Å². The van der Waals surface area contributed by atoms with Crippen LogP contribution in [0.15, 0.2) is 48.5 Å². The van der Waals surface area contributed by atoms with E-state index in [2.05, 4.69) is 60.8 Å². The van der Waals surface area contributed by atoms with E-state index in [9.17, 15) is 5.11 Å². The zero-order chi connectivity index (χ0) is 14.0. The van der Waals surface area contributed by atoms with Gasteiger partial charge in [0.1, 0.15) is 0 Å². The fraction of sp³-hybridized carbons (Fsp3) is 0.333. The standard InChI is InChI=1S/C18H21NO/c1-14-6-8-15(9-7-14)12-19-18(13-20)11-10-16-4-2-3-5-17(16)18/h2-9,19-20H,10-13H2,1H3. The monoisotopic (exact) mass is 267 g/mol. The predicted octanol–water partition coefficient (Wildman–Crippen LogP) is 2.92. The van der Waals surface area contributed by atoms with Crippen LogP contribution in [0.25, 0.3) is 0 Å². The number of aliphatic hydroxyl groups is 1. The van der Waals surface area contributed by atoms with Gasteiger partial charge in [-0.1, -0.05) is 54.1 Å². The highest BCUT2D eigenvalue weighted by atomic mass is 16.3. The van der Waals surface area contributed by atoms with Crippen LogP contribution >= 0.6 is 0 Å². The summed E-state index contributed by atoms with van der Waals surface area (Å²) in [7, 11) is 0. The fourth-order valence-corrected chi connectivity index (χ4v) is 3.07. The molecule has 2 nitrogen and oxygen atoms in total. The van der Waals surface area contributed by atoms with Gasteiger partial charge in [-0.15, -0.1) is 0 Å². The molecular weight excluding hydrogens is 246 g/mol. The largest absolute Gasteiger partial charge is 0.394 e. The first-order chi connectivity index (χ1) is 9.73. The van der Waals surface area contributed by atoms with Crippen molar-refractivity contribution in [3.8, 4) is 0 Å². The van der Waals surface area contributed by atoms with Crippen LogP contribution in [-0.4, -0.2) is 11.7 Å². The lowest BCUT2D eigenvalue weighted by Crippen LogP contribution is -2.43. The van der Waals surface area contributed by atoms with Crippen LogP contribution < -0.4 is 5.32 Å². The molecule has 1 aliphatic carbocycles. The topological polar surface area (TPSA) is 32.3 Å². The van der Waals surface area contributed by atoms with Crippen LogP contribution in [0.3, 0.4) is 0 Å². The predicted molar refractivity (Wildman–Crippen MR) is 81.5 cm³/mol. The number of fused-ring (bicyclic) bond motifs is 1. The van der Waals surface area contributed by atoms with E-state index in [0.29, 0.717) is 0 Å². The van der Waals surface area contributed by atoms with Gasteiger partial charge in [0, 0.05) is 6.54 Å². The first-order valence-corrected chi connectivity index (χ1v) is 7.23. The molecule has 1 atom stereocenters. The lowest BCUT2D eigenvalue weighted by atomic mass is 9.92. The lowest BCUT2D eigenvalue weighted by molar-refractivity contribution is 0.159. The Labute approximate surface area is 120 Å². The van der Waals surface area contributed by atoms with E-state index in [1.54, 1.807) is 0 Å². The summed E-state index contributed by atoms with van der Waals surface area (Å²) in [5.74, 6) is 0. The maximum atomic E-state index is 9.92. The summed E-state index contributed by atoms with van der Waals surface area (Å²) in [5.41, 5.74) is 4.87. The van der Waals surface area contributed by atoms with Crippen molar-refractivity contribution in [2.75, 3.05) is 6.61 Å². The van der Waals surface area contributed by atoms with E-state index in [4.69, 9.17) is 0 Å². The van der Waals surface area contributed by atoms with Crippen LogP contribution in [0.5, 0.6) is 0 Å². The van der Waals surface area contributed by atoms with Crippen molar-refractivity contribution in [3.63, 3.8) is 0 Å². The number of hydrogen-bond acceptors (Lipinski definition) is 2. The normalized spacial score (nSPS) is 20.9. The Morgan fingerprint density at radius 1 is 1.10 bits per heavy atom. The molecule has 2 aromatic rings. The van der Waals surface area contributed by atoms with Crippen molar-refractivity contribution in [2.45, 2.75) is 31.8 Å². The highest BCUT2D eigenvalue weighted by Gasteiger charge is 2.37. The second kappa shape index (κ2) is 5.39. The molecule has 0 saturated heterocycles. The van der Waals surface area contributed by atoms with Gasteiger partial charge in [0.25, 0.3) is 0 Å². The average Bonchev–Trinajstić information content (AvgIpc) is 2.86. The summed E-state index contributed by atoms with van der Waals surface area (Å²) in [4.78, 5) is 0. The number of aliphatic hydroxyl groups excluding tert-OH is 1. The lowest BCUT2D eigenvalue weighted by Gasteiger charge is -2.30. The molecule has 2 N–H and O–H groups in total. The van der Waals surface area contributed by atoms with Crippen LogP contribution in [0, 0.1) is 6.92 Å². The highest BCUT2D eigenvalue weighted by molar-refractivity contribution is 5.39.